The second kappa shape index (κ2) is 8.77. The van der Waals surface area contributed by atoms with E-state index in [0.717, 1.165) is 40.0 Å². The summed E-state index contributed by atoms with van der Waals surface area (Å²) >= 11 is 0. The van der Waals surface area contributed by atoms with Gasteiger partial charge in [-0.25, -0.2) is 4.79 Å². The van der Waals surface area contributed by atoms with Crippen LogP contribution in [0.4, 0.5) is 4.79 Å². The molecular weight excluding hydrogens is 422 g/mol. The number of ether oxygens (including phenoxy) is 2. The number of urea groups is 1. The van der Waals surface area contributed by atoms with Crippen molar-refractivity contribution in [3.05, 3.63) is 58.7 Å². The van der Waals surface area contributed by atoms with E-state index in [4.69, 9.17) is 9.47 Å². The highest BCUT2D eigenvalue weighted by atomic mass is 16.5. The minimum atomic E-state index is -1.08. The van der Waals surface area contributed by atoms with Crippen LogP contribution in [0.2, 0.25) is 0 Å². The van der Waals surface area contributed by atoms with Crippen molar-refractivity contribution in [3.63, 3.8) is 0 Å². The van der Waals surface area contributed by atoms with Crippen LogP contribution in [0.5, 0.6) is 11.5 Å². The predicted octanol–water partition coefficient (Wildman–Crippen LogP) is 2.75. The lowest BCUT2D eigenvalue weighted by atomic mass is 9.76. The summed E-state index contributed by atoms with van der Waals surface area (Å²) in [5.74, 6) is 0.508. The van der Waals surface area contributed by atoms with Crippen LogP contribution in [0.3, 0.4) is 0 Å². The standard InChI is InChI=1S/C25H29N3O5/c1-16-12-20(32-3)21(33-4)13-18(16)14-27(2)22(29)15-28-23(30)25(26-24(28)31)11-7-9-17-8-5-6-10-19(17)25/h5-6,8,10,12-13H,7,9,11,14-15H2,1-4H3,(H,26,31)/t25-/m0/s1. The van der Waals surface area contributed by atoms with Gasteiger partial charge >= 0.3 is 6.03 Å². The maximum Gasteiger partial charge on any atom is 0.325 e. The molecule has 0 bridgehead atoms. The van der Waals surface area contributed by atoms with Gasteiger partial charge in [-0.05, 0) is 60.6 Å². The van der Waals surface area contributed by atoms with Gasteiger partial charge < -0.3 is 19.7 Å². The molecule has 1 atom stereocenters. The molecule has 1 fully saturated rings. The van der Waals surface area contributed by atoms with Gasteiger partial charge in [-0.15, -0.1) is 0 Å². The molecule has 0 radical (unpaired) electrons. The van der Waals surface area contributed by atoms with E-state index in [1.54, 1.807) is 21.3 Å². The third-order valence-corrected chi connectivity index (χ3v) is 6.62. The summed E-state index contributed by atoms with van der Waals surface area (Å²) in [6.07, 6.45) is 2.19. The van der Waals surface area contributed by atoms with Crippen LogP contribution >= 0.6 is 0 Å². The summed E-state index contributed by atoms with van der Waals surface area (Å²) in [5, 5.41) is 2.89. The summed E-state index contributed by atoms with van der Waals surface area (Å²) in [7, 11) is 4.79. The molecule has 1 saturated heterocycles. The predicted molar refractivity (Wildman–Crippen MR) is 122 cm³/mol. The van der Waals surface area contributed by atoms with Crippen LogP contribution in [0.1, 0.15) is 35.1 Å². The van der Waals surface area contributed by atoms with Crippen molar-refractivity contribution in [3.8, 4) is 11.5 Å². The van der Waals surface area contributed by atoms with Crippen molar-refractivity contribution in [1.29, 1.82) is 0 Å². The summed E-state index contributed by atoms with van der Waals surface area (Å²) in [5.41, 5.74) is 2.65. The number of imide groups is 1. The Morgan fingerprint density at radius 2 is 1.85 bits per heavy atom. The molecule has 1 N–H and O–H groups in total. The highest BCUT2D eigenvalue weighted by Gasteiger charge is 2.54. The number of nitrogens with one attached hydrogen (secondary N) is 1. The molecule has 0 aromatic heterocycles. The summed E-state index contributed by atoms with van der Waals surface area (Å²) in [6, 6.07) is 10.9. The lowest BCUT2D eigenvalue weighted by Crippen LogP contribution is -2.47. The van der Waals surface area contributed by atoms with E-state index < -0.39 is 11.6 Å². The first-order valence-electron chi connectivity index (χ1n) is 11.0. The average molecular weight is 452 g/mol. The van der Waals surface area contributed by atoms with Crippen LogP contribution in [0.25, 0.3) is 0 Å². The van der Waals surface area contributed by atoms with Gasteiger partial charge in [0.25, 0.3) is 5.91 Å². The van der Waals surface area contributed by atoms with Gasteiger partial charge in [-0.1, -0.05) is 24.3 Å². The van der Waals surface area contributed by atoms with Crippen LogP contribution in [-0.2, 0) is 28.1 Å². The Morgan fingerprint density at radius 3 is 2.58 bits per heavy atom. The van der Waals surface area contributed by atoms with Crippen LogP contribution in [0, 0.1) is 6.92 Å². The molecule has 0 unspecified atom stereocenters. The Labute approximate surface area is 193 Å². The van der Waals surface area contributed by atoms with Crippen LogP contribution < -0.4 is 14.8 Å². The summed E-state index contributed by atoms with van der Waals surface area (Å²) < 4.78 is 10.7. The Kier molecular flexibility index (Phi) is 6.01. The van der Waals surface area contributed by atoms with Crippen molar-refractivity contribution in [2.75, 3.05) is 27.8 Å². The van der Waals surface area contributed by atoms with E-state index in [2.05, 4.69) is 5.32 Å². The molecule has 8 nitrogen and oxygen atoms in total. The number of hydrogen-bond donors (Lipinski definition) is 1. The van der Waals surface area contributed by atoms with Crippen molar-refractivity contribution in [2.45, 2.75) is 38.3 Å². The fraction of sp³-hybridized carbons (Fsp3) is 0.400. The first kappa shape index (κ1) is 22.6. The van der Waals surface area contributed by atoms with Gasteiger partial charge in [0.1, 0.15) is 12.1 Å². The number of benzene rings is 2. The zero-order valence-electron chi connectivity index (χ0n) is 19.4. The third-order valence-electron chi connectivity index (χ3n) is 6.62. The molecule has 1 heterocycles. The van der Waals surface area contributed by atoms with Gasteiger partial charge in [0.05, 0.1) is 14.2 Å². The largest absolute Gasteiger partial charge is 0.493 e. The van der Waals surface area contributed by atoms with Gasteiger partial charge in [0, 0.05) is 13.6 Å². The quantitative estimate of drug-likeness (QED) is 0.683. The number of hydrogen-bond acceptors (Lipinski definition) is 5. The number of fused-ring (bicyclic) bond motifs is 2. The Hall–Kier alpha value is -3.55. The van der Waals surface area contributed by atoms with Crippen molar-refractivity contribution in [1.82, 2.24) is 15.1 Å². The van der Waals surface area contributed by atoms with Gasteiger partial charge in [-0.3, -0.25) is 14.5 Å². The molecule has 2 aliphatic rings. The third kappa shape index (κ3) is 3.90. The number of aryl methyl sites for hydroxylation is 2. The lowest BCUT2D eigenvalue weighted by molar-refractivity contribution is -0.139. The van der Waals surface area contributed by atoms with Gasteiger partial charge in [0.2, 0.25) is 5.91 Å². The van der Waals surface area contributed by atoms with E-state index >= 15 is 0 Å². The highest BCUT2D eigenvalue weighted by molar-refractivity contribution is 6.09. The molecule has 1 spiro atoms. The Bertz CT molecular complexity index is 1120. The number of likely N-dealkylation sites (N-methyl/N-ethyl adjacent to an activating group) is 1. The molecule has 1 aliphatic carbocycles. The second-order valence-corrected chi connectivity index (χ2v) is 8.62. The van der Waals surface area contributed by atoms with E-state index in [1.165, 1.54) is 4.90 Å². The molecular formula is C25H29N3O5. The van der Waals surface area contributed by atoms with E-state index in [-0.39, 0.29) is 18.4 Å². The molecule has 4 rings (SSSR count). The zero-order chi connectivity index (χ0) is 23.8. The number of amides is 4. The first-order chi connectivity index (χ1) is 15.8. The van der Waals surface area contributed by atoms with Crippen molar-refractivity contribution in [2.24, 2.45) is 0 Å². The number of nitrogens with zero attached hydrogens (tertiary/aromatic N) is 2. The van der Waals surface area contributed by atoms with Crippen LogP contribution in [0.15, 0.2) is 36.4 Å². The summed E-state index contributed by atoms with van der Waals surface area (Å²) in [4.78, 5) is 41.8. The molecule has 174 valence electrons. The maximum atomic E-state index is 13.4. The Balaban J connectivity index is 1.50. The average Bonchev–Trinajstić information content (AvgIpc) is 3.04. The SMILES string of the molecule is COc1cc(C)c(CN(C)C(=O)CN2C(=O)N[C@]3(CCCc4ccccc43)C2=O)cc1OC. The van der Waals surface area contributed by atoms with Gasteiger partial charge in [-0.2, -0.15) is 0 Å². The van der Waals surface area contributed by atoms with E-state index in [9.17, 15) is 14.4 Å². The zero-order valence-corrected chi connectivity index (χ0v) is 19.4. The number of carbonyl (C=O) groups excluding carboxylic acids is 3. The number of rotatable bonds is 6. The molecule has 8 heteroatoms. The van der Waals surface area contributed by atoms with Crippen LogP contribution in [-0.4, -0.2) is 55.5 Å². The minimum absolute atomic E-state index is 0.308. The van der Waals surface area contributed by atoms with E-state index in [1.807, 2.05) is 43.3 Å². The fourth-order valence-corrected chi connectivity index (χ4v) is 4.75. The molecule has 1 aliphatic heterocycles. The van der Waals surface area contributed by atoms with Crippen molar-refractivity contribution >= 4 is 17.8 Å². The first-order valence-corrected chi connectivity index (χ1v) is 11.0. The molecule has 4 amide bonds. The lowest BCUT2D eigenvalue weighted by Gasteiger charge is -2.33. The van der Waals surface area contributed by atoms with E-state index in [0.29, 0.717) is 24.5 Å². The van der Waals surface area contributed by atoms with Gasteiger partial charge in [0.15, 0.2) is 11.5 Å². The smallest absolute Gasteiger partial charge is 0.325 e. The molecule has 2 aromatic carbocycles. The second-order valence-electron chi connectivity index (χ2n) is 8.62. The summed E-state index contributed by atoms with van der Waals surface area (Å²) in [6.45, 7) is 1.93. The maximum absolute atomic E-state index is 13.4. The Morgan fingerprint density at radius 1 is 1.15 bits per heavy atom. The number of methoxy groups -OCH3 is 2. The molecule has 33 heavy (non-hydrogen) atoms. The fourth-order valence-electron chi connectivity index (χ4n) is 4.75. The van der Waals surface area contributed by atoms with Crippen molar-refractivity contribution < 1.29 is 23.9 Å². The molecule has 0 saturated carbocycles. The molecule has 2 aromatic rings. The minimum Gasteiger partial charge on any atom is -0.493 e. The topological polar surface area (TPSA) is 88.2 Å². The monoisotopic (exact) mass is 451 g/mol. The normalized spacial score (nSPS) is 19.3. The highest BCUT2D eigenvalue weighted by Crippen LogP contribution is 2.40. The number of carbonyl (C=O) groups is 3.